The van der Waals surface area contributed by atoms with Crippen molar-refractivity contribution in [1.82, 2.24) is 5.32 Å². The van der Waals surface area contributed by atoms with Gasteiger partial charge in [0.2, 0.25) is 0 Å². The van der Waals surface area contributed by atoms with Crippen LogP contribution in [-0.4, -0.2) is 12.1 Å². The van der Waals surface area contributed by atoms with Gasteiger partial charge in [-0.1, -0.05) is 26.2 Å². The molecule has 0 aromatic carbocycles. The standard InChI is InChI=1S/C10H19N/c1-8-7-10(8)11-9-5-3-2-4-6-9/h8-11H,2-7H2,1H3. The molecule has 2 fully saturated rings. The van der Waals surface area contributed by atoms with Gasteiger partial charge in [0, 0.05) is 12.1 Å². The van der Waals surface area contributed by atoms with Gasteiger partial charge in [0.05, 0.1) is 0 Å². The molecular weight excluding hydrogens is 134 g/mol. The summed E-state index contributed by atoms with van der Waals surface area (Å²) in [6.45, 7) is 2.35. The Morgan fingerprint density at radius 3 is 2.27 bits per heavy atom. The maximum Gasteiger partial charge on any atom is 0.00989 e. The highest BCUT2D eigenvalue weighted by atomic mass is 15.0. The van der Waals surface area contributed by atoms with Gasteiger partial charge < -0.3 is 5.32 Å². The zero-order valence-corrected chi connectivity index (χ0v) is 7.47. The summed E-state index contributed by atoms with van der Waals surface area (Å²) in [6, 6.07) is 1.76. The van der Waals surface area contributed by atoms with Crippen LogP contribution >= 0.6 is 0 Å². The van der Waals surface area contributed by atoms with Crippen LogP contribution in [0.2, 0.25) is 0 Å². The molecule has 2 saturated carbocycles. The van der Waals surface area contributed by atoms with Gasteiger partial charge in [0.15, 0.2) is 0 Å². The molecule has 1 N–H and O–H groups in total. The van der Waals surface area contributed by atoms with Crippen LogP contribution in [0.15, 0.2) is 0 Å². The van der Waals surface area contributed by atoms with Crippen molar-refractivity contribution in [2.75, 3.05) is 0 Å². The number of hydrogen-bond acceptors (Lipinski definition) is 1. The quantitative estimate of drug-likeness (QED) is 0.642. The first-order valence-electron chi connectivity index (χ1n) is 5.12. The van der Waals surface area contributed by atoms with Crippen molar-refractivity contribution in [2.24, 2.45) is 5.92 Å². The lowest BCUT2D eigenvalue weighted by Crippen LogP contribution is -2.33. The summed E-state index contributed by atoms with van der Waals surface area (Å²) in [7, 11) is 0. The Balaban J connectivity index is 1.68. The number of nitrogens with one attached hydrogen (secondary N) is 1. The van der Waals surface area contributed by atoms with Crippen LogP contribution in [0, 0.1) is 5.92 Å². The minimum absolute atomic E-state index is 0.874. The van der Waals surface area contributed by atoms with E-state index >= 15 is 0 Å². The normalized spacial score (nSPS) is 39.0. The Morgan fingerprint density at radius 2 is 1.73 bits per heavy atom. The summed E-state index contributed by atoms with van der Waals surface area (Å²) in [5, 5.41) is 3.74. The summed E-state index contributed by atoms with van der Waals surface area (Å²) < 4.78 is 0. The SMILES string of the molecule is CC1CC1NC1CCCCC1. The second-order valence-corrected chi connectivity index (χ2v) is 4.32. The van der Waals surface area contributed by atoms with Crippen molar-refractivity contribution in [3.63, 3.8) is 0 Å². The van der Waals surface area contributed by atoms with Crippen molar-refractivity contribution in [2.45, 2.75) is 57.5 Å². The Morgan fingerprint density at radius 1 is 1.09 bits per heavy atom. The molecule has 2 rings (SSSR count). The Labute approximate surface area is 69.6 Å². The van der Waals surface area contributed by atoms with E-state index < -0.39 is 0 Å². The molecular formula is C10H19N. The molecule has 1 heteroatoms. The fourth-order valence-corrected chi connectivity index (χ4v) is 2.13. The third-order valence-corrected chi connectivity index (χ3v) is 3.16. The van der Waals surface area contributed by atoms with E-state index in [2.05, 4.69) is 12.2 Å². The van der Waals surface area contributed by atoms with E-state index in [0.717, 1.165) is 18.0 Å². The van der Waals surface area contributed by atoms with E-state index in [1.807, 2.05) is 0 Å². The van der Waals surface area contributed by atoms with Gasteiger partial charge in [0.25, 0.3) is 0 Å². The molecule has 64 valence electrons. The monoisotopic (exact) mass is 153 g/mol. The zero-order valence-electron chi connectivity index (χ0n) is 7.47. The van der Waals surface area contributed by atoms with Gasteiger partial charge >= 0.3 is 0 Å². The van der Waals surface area contributed by atoms with Crippen LogP contribution in [0.25, 0.3) is 0 Å². The molecule has 11 heavy (non-hydrogen) atoms. The van der Waals surface area contributed by atoms with Crippen molar-refractivity contribution < 1.29 is 0 Å². The maximum absolute atomic E-state index is 3.74. The molecule has 2 aliphatic carbocycles. The van der Waals surface area contributed by atoms with E-state index in [0.29, 0.717) is 0 Å². The second-order valence-electron chi connectivity index (χ2n) is 4.32. The average Bonchev–Trinajstić information content (AvgIpc) is 2.69. The van der Waals surface area contributed by atoms with Crippen LogP contribution in [0.4, 0.5) is 0 Å². The van der Waals surface area contributed by atoms with Crippen LogP contribution in [0.5, 0.6) is 0 Å². The molecule has 0 bridgehead atoms. The number of hydrogen-bond donors (Lipinski definition) is 1. The molecule has 1 nitrogen and oxygen atoms in total. The first-order valence-corrected chi connectivity index (χ1v) is 5.12. The molecule has 0 radical (unpaired) electrons. The minimum Gasteiger partial charge on any atom is -0.311 e. The molecule has 0 aliphatic heterocycles. The fourth-order valence-electron chi connectivity index (χ4n) is 2.13. The summed E-state index contributed by atoms with van der Waals surface area (Å²) in [5.74, 6) is 0.969. The largest absolute Gasteiger partial charge is 0.311 e. The van der Waals surface area contributed by atoms with Crippen LogP contribution < -0.4 is 5.32 Å². The topological polar surface area (TPSA) is 12.0 Å². The van der Waals surface area contributed by atoms with Gasteiger partial charge in [-0.3, -0.25) is 0 Å². The highest BCUT2D eigenvalue weighted by molar-refractivity contribution is 4.92. The Hall–Kier alpha value is -0.0400. The van der Waals surface area contributed by atoms with E-state index in [-0.39, 0.29) is 0 Å². The molecule has 0 heterocycles. The summed E-state index contributed by atoms with van der Waals surface area (Å²) in [6.07, 6.45) is 8.68. The van der Waals surface area contributed by atoms with Crippen LogP contribution in [0.1, 0.15) is 45.4 Å². The lowest BCUT2D eigenvalue weighted by Gasteiger charge is -2.22. The maximum atomic E-state index is 3.74. The molecule has 0 amide bonds. The molecule has 2 unspecified atom stereocenters. The predicted octanol–water partition coefficient (Wildman–Crippen LogP) is 2.32. The molecule has 0 aromatic heterocycles. The van der Waals surface area contributed by atoms with Crippen LogP contribution in [-0.2, 0) is 0 Å². The highest BCUT2D eigenvalue weighted by Gasteiger charge is 2.33. The molecule has 0 saturated heterocycles. The number of rotatable bonds is 2. The van der Waals surface area contributed by atoms with Gasteiger partial charge in [-0.2, -0.15) is 0 Å². The van der Waals surface area contributed by atoms with Gasteiger partial charge in [-0.25, -0.2) is 0 Å². The zero-order chi connectivity index (χ0) is 7.68. The third kappa shape index (κ3) is 1.96. The third-order valence-electron chi connectivity index (χ3n) is 3.16. The molecule has 2 atom stereocenters. The fraction of sp³-hybridized carbons (Fsp3) is 1.00. The van der Waals surface area contributed by atoms with Crippen molar-refractivity contribution >= 4 is 0 Å². The van der Waals surface area contributed by atoms with Crippen molar-refractivity contribution in [1.29, 1.82) is 0 Å². The van der Waals surface area contributed by atoms with Gasteiger partial charge in [-0.15, -0.1) is 0 Å². The molecule has 2 aliphatic rings. The summed E-state index contributed by atoms with van der Waals surface area (Å²) in [4.78, 5) is 0. The van der Waals surface area contributed by atoms with Crippen molar-refractivity contribution in [3.8, 4) is 0 Å². The van der Waals surface area contributed by atoms with Gasteiger partial charge in [0.1, 0.15) is 0 Å². The van der Waals surface area contributed by atoms with E-state index in [1.54, 1.807) is 0 Å². The Bertz CT molecular complexity index is 127. The van der Waals surface area contributed by atoms with E-state index in [9.17, 15) is 0 Å². The summed E-state index contributed by atoms with van der Waals surface area (Å²) in [5.41, 5.74) is 0. The first-order chi connectivity index (χ1) is 5.36. The second kappa shape index (κ2) is 3.14. The molecule has 0 aromatic rings. The smallest absolute Gasteiger partial charge is 0.00989 e. The van der Waals surface area contributed by atoms with E-state index in [4.69, 9.17) is 0 Å². The van der Waals surface area contributed by atoms with E-state index in [1.165, 1.54) is 38.5 Å². The first kappa shape index (κ1) is 7.60. The van der Waals surface area contributed by atoms with Crippen molar-refractivity contribution in [3.05, 3.63) is 0 Å². The highest BCUT2D eigenvalue weighted by Crippen LogP contribution is 2.31. The van der Waals surface area contributed by atoms with Gasteiger partial charge in [-0.05, 0) is 25.2 Å². The lowest BCUT2D eigenvalue weighted by atomic mass is 9.95. The average molecular weight is 153 g/mol. The molecule has 0 spiro atoms. The predicted molar refractivity (Wildman–Crippen MR) is 47.6 cm³/mol. The van der Waals surface area contributed by atoms with Crippen LogP contribution in [0.3, 0.4) is 0 Å². The minimum atomic E-state index is 0.874. The summed E-state index contributed by atoms with van der Waals surface area (Å²) >= 11 is 0. The Kier molecular flexibility index (Phi) is 2.17. The lowest BCUT2D eigenvalue weighted by molar-refractivity contribution is 0.367.